The van der Waals surface area contributed by atoms with Crippen LogP contribution >= 0.6 is 11.6 Å². The van der Waals surface area contributed by atoms with Gasteiger partial charge in [0.2, 0.25) is 0 Å². The van der Waals surface area contributed by atoms with Gasteiger partial charge in [-0.1, -0.05) is 17.7 Å². The van der Waals surface area contributed by atoms with Crippen molar-refractivity contribution in [3.63, 3.8) is 0 Å². The van der Waals surface area contributed by atoms with E-state index in [2.05, 4.69) is 11.0 Å². The molecular formula is C22H33ClN2O3. The molecule has 156 valence electrons. The average Bonchev–Trinajstić information content (AvgIpc) is 3.01. The molecule has 28 heavy (non-hydrogen) atoms. The minimum Gasteiger partial charge on any atom is -0.444 e. The van der Waals surface area contributed by atoms with Crippen molar-refractivity contribution in [3.05, 3.63) is 28.8 Å². The van der Waals surface area contributed by atoms with Crippen LogP contribution in [0.15, 0.2) is 18.2 Å². The summed E-state index contributed by atoms with van der Waals surface area (Å²) in [5, 5.41) is 0.844. The first-order valence-electron chi connectivity index (χ1n) is 10.3. The van der Waals surface area contributed by atoms with E-state index in [9.17, 15) is 4.79 Å². The molecule has 2 aliphatic heterocycles. The summed E-state index contributed by atoms with van der Waals surface area (Å²) in [7, 11) is 1.74. The van der Waals surface area contributed by atoms with Crippen molar-refractivity contribution in [1.82, 2.24) is 4.90 Å². The molecule has 2 aliphatic rings. The Bertz CT molecular complexity index is 689. The van der Waals surface area contributed by atoms with Crippen LogP contribution in [0.3, 0.4) is 0 Å². The van der Waals surface area contributed by atoms with E-state index in [0.717, 1.165) is 56.9 Å². The lowest BCUT2D eigenvalue weighted by atomic mass is 9.88. The number of nitrogens with zero attached hydrogens (tertiary/aromatic N) is 2. The fourth-order valence-corrected chi connectivity index (χ4v) is 4.67. The summed E-state index contributed by atoms with van der Waals surface area (Å²) < 4.78 is 10.9. The van der Waals surface area contributed by atoms with Gasteiger partial charge in [0.1, 0.15) is 5.60 Å². The Balaban J connectivity index is 1.75. The molecule has 5 nitrogen and oxygen atoms in total. The number of benzene rings is 1. The molecule has 1 saturated heterocycles. The lowest BCUT2D eigenvalue weighted by molar-refractivity contribution is 0.0152. The quantitative estimate of drug-likeness (QED) is 0.659. The van der Waals surface area contributed by atoms with Crippen molar-refractivity contribution in [2.24, 2.45) is 5.92 Å². The van der Waals surface area contributed by atoms with Crippen molar-refractivity contribution in [2.75, 3.05) is 38.3 Å². The zero-order valence-electron chi connectivity index (χ0n) is 17.5. The third-order valence-corrected chi connectivity index (χ3v) is 5.97. The molecule has 0 bridgehead atoms. The van der Waals surface area contributed by atoms with Crippen LogP contribution in [-0.2, 0) is 15.9 Å². The third kappa shape index (κ3) is 4.93. The number of piperidine rings is 1. The Hall–Kier alpha value is -1.46. The number of hydrogen-bond donors (Lipinski definition) is 0. The number of amides is 1. The molecule has 2 heterocycles. The molecule has 1 fully saturated rings. The van der Waals surface area contributed by atoms with Crippen LogP contribution in [-0.4, -0.2) is 56.0 Å². The smallest absolute Gasteiger partial charge is 0.410 e. The maximum atomic E-state index is 12.6. The normalized spacial score (nSPS) is 22.3. The van der Waals surface area contributed by atoms with Crippen molar-refractivity contribution in [2.45, 2.75) is 58.1 Å². The molecule has 0 aromatic heterocycles. The molecule has 1 aromatic rings. The molecule has 0 spiro atoms. The number of halogens is 1. The Labute approximate surface area is 173 Å². The van der Waals surface area contributed by atoms with Crippen LogP contribution in [0.4, 0.5) is 10.5 Å². The highest BCUT2D eigenvalue weighted by molar-refractivity contribution is 6.31. The second-order valence-electron chi connectivity index (χ2n) is 8.88. The summed E-state index contributed by atoms with van der Waals surface area (Å²) in [6.07, 6.45) is 3.85. The van der Waals surface area contributed by atoms with Gasteiger partial charge in [-0.15, -0.1) is 0 Å². The van der Waals surface area contributed by atoms with Crippen molar-refractivity contribution in [3.8, 4) is 0 Å². The Morgan fingerprint density at radius 1 is 1.32 bits per heavy atom. The minimum atomic E-state index is -0.465. The van der Waals surface area contributed by atoms with Gasteiger partial charge in [-0.2, -0.15) is 0 Å². The summed E-state index contributed by atoms with van der Waals surface area (Å²) in [5.41, 5.74) is 2.01. The maximum absolute atomic E-state index is 12.6. The topological polar surface area (TPSA) is 42.0 Å². The summed E-state index contributed by atoms with van der Waals surface area (Å²) in [6, 6.07) is 6.53. The van der Waals surface area contributed by atoms with E-state index in [1.165, 1.54) is 11.3 Å². The van der Waals surface area contributed by atoms with Gasteiger partial charge in [-0.25, -0.2) is 4.79 Å². The van der Waals surface area contributed by atoms with Gasteiger partial charge in [0, 0.05) is 50.1 Å². The summed E-state index contributed by atoms with van der Waals surface area (Å²) in [6.45, 7) is 8.95. The van der Waals surface area contributed by atoms with E-state index in [4.69, 9.17) is 21.1 Å². The highest BCUT2D eigenvalue weighted by Gasteiger charge is 2.39. The average molecular weight is 409 g/mol. The lowest BCUT2D eigenvalue weighted by Gasteiger charge is -2.40. The molecule has 3 rings (SSSR count). The summed E-state index contributed by atoms with van der Waals surface area (Å²) in [5.74, 6) is 0.410. The van der Waals surface area contributed by atoms with Crippen LogP contribution in [0.2, 0.25) is 5.02 Å². The van der Waals surface area contributed by atoms with Crippen molar-refractivity contribution >= 4 is 23.4 Å². The third-order valence-electron chi connectivity index (χ3n) is 5.62. The molecule has 0 aliphatic carbocycles. The zero-order chi connectivity index (χ0) is 20.3. The van der Waals surface area contributed by atoms with Crippen LogP contribution in [0.1, 0.15) is 45.6 Å². The number of ether oxygens (including phenoxy) is 2. The Morgan fingerprint density at radius 3 is 2.82 bits per heavy atom. The highest BCUT2D eigenvalue weighted by atomic mass is 35.5. The van der Waals surface area contributed by atoms with Gasteiger partial charge >= 0.3 is 6.09 Å². The molecular weight excluding hydrogens is 376 g/mol. The van der Waals surface area contributed by atoms with Crippen molar-refractivity contribution < 1.29 is 14.3 Å². The number of carbonyl (C=O) groups is 1. The predicted molar refractivity (Wildman–Crippen MR) is 113 cm³/mol. The van der Waals surface area contributed by atoms with Gasteiger partial charge in [0.15, 0.2) is 0 Å². The second-order valence-corrected chi connectivity index (χ2v) is 9.28. The molecule has 2 unspecified atom stereocenters. The van der Waals surface area contributed by atoms with Gasteiger partial charge in [-0.05, 0) is 70.1 Å². The van der Waals surface area contributed by atoms with E-state index in [-0.39, 0.29) is 6.09 Å². The lowest BCUT2D eigenvalue weighted by Crippen LogP contribution is -2.49. The molecule has 2 atom stereocenters. The number of fused-ring (bicyclic) bond motifs is 1. The van der Waals surface area contributed by atoms with E-state index in [0.29, 0.717) is 12.0 Å². The highest BCUT2D eigenvalue weighted by Crippen LogP contribution is 2.41. The Morgan fingerprint density at radius 2 is 2.11 bits per heavy atom. The maximum Gasteiger partial charge on any atom is 0.410 e. The summed E-state index contributed by atoms with van der Waals surface area (Å²) in [4.78, 5) is 17.0. The van der Waals surface area contributed by atoms with E-state index < -0.39 is 5.60 Å². The molecule has 0 saturated carbocycles. The number of carbonyl (C=O) groups excluding carboxylic acids is 1. The van der Waals surface area contributed by atoms with Crippen LogP contribution in [0.5, 0.6) is 0 Å². The monoisotopic (exact) mass is 408 g/mol. The van der Waals surface area contributed by atoms with E-state index in [1.54, 1.807) is 7.11 Å². The predicted octanol–water partition coefficient (Wildman–Crippen LogP) is 4.75. The van der Waals surface area contributed by atoms with E-state index >= 15 is 0 Å². The first-order chi connectivity index (χ1) is 13.3. The van der Waals surface area contributed by atoms with Crippen LogP contribution in [0.25, 0.3) is 0 Å². The fourth-order valence-electron chi connectivity index (χ4n) is 4.42. The molecule has 1 aromatic carbocycles. The SMILES string of the molecule is COCCCN1c2cccc(Cl)c2CC1C1CCCN(C(=O)OC(C)(C)C)C1. The molecule has 0 radical (unpaired) electrons. The van der Waals surface area contributed by atoms with Gasteiger partial charge < -0.3 is 19.3 Å². The number of likely N-dealkylation sites (tertiary alicyclic amines) is 1. The number of anilines is 1. The first-order valence-corrected chi connectivity index (χ1v) is 10.7. The van der Waals surface area contributed by atoms with Crippen LogP contribution in [0, 0.1) is 5.92 Å². The van der Waals surface area contributed by atoms with Crippen LogP contribution < -0.4 is 4.90 Å². The number of hydrogen-bond acceptors (Lipinski definition) is 4. The van der Waals surface area contributed by atoms with Gasteiger partial charge in [0.25, 0.3) is 0 Å². The fraction of sp³-hybridized carbons (Fsp3) is 0.682. The minimum absolute atomic E-state index is 0.198. The summed E-state index contributed by atoms with van der Waals surface area (Å²) >= 11 is 6.52. The largest absolute Gasteiger partial charge is 0.444 e. The molecule has 0 N–H and O–H groups in total. The van der Waals surface area contributed by atoms with E-state index in [1.807, 2.05) is 37.8 Å². The van der Waals surface area contributed by atoms with Gasteiger partial charge in [0.05, 0.1) is 0 Å². The first kappa shape index (κ1) is 21.3. The standard InChI is InChI=1S/C22H33ClN2O3/c1-22(2,3)28-21(26)24-11-6-8-16(15-24)20-14-17-18(23)9-5-10-19(17)25(20)12-7-13-27-4/h5,9-10,16,20H,6-8,11-15H2,1-4H3. The molecule has 6 heteroatoms. The second kappa shape index (κ2) is 8.91. The Kier molecular flexibility index (Phi) is 6.77. The number of rotatable bonds is 5. The number of methoxy groups -OCH3 is 1. The van der Waals surface area contributed by atoms with Gasteiger partial charge in [-0.3, -0.25) is 0 Å². The molecule has 1 amide bonds. The zero-order valence-corrected chi connectivity index (χ0v) is 18.3. The van der Waals surface area contributed by atoms with Crippen molar-refractivity contribution in [1.29, 1.82) is 0 Å².